The van der Waals surface area contributed by atoms with Crippen LogP contribution in [0.15, 0.2) is 108 Å². The van der Waals surface area contributed by atoms with Crippen LogP contribution < -0.4 is 4.90 Å². The van der Waals surface area contributed by atoms with Crippen molar-refractivity contribution in [2.24, 2.45) is 0 Å². The van der Waals surface area contributed by atoms with E-state index in [1.54, 1.807) is 11.8 Å². The van der Waals surface area contributed by atoms with Gasteiger partial charge in [-0.25, -0.2) is 0 Å². The molecule has 1 unspecified atom stereocenters. The molecule has 35 heavy (non-hydrogen) atoms. The summed E-state index contributed by atoms with van der Waals surface area (Å²) in [6, 6.07) is 36.4. The van der Waals surface area contributed by atoms with Crippen LogP contribution in [0.5, 0.6) is 0 Å². The predicted octanol–water partition coefficient (Wildman–Crippen LogP) is 7.28. The second kappa shape index (κ2) is 11.0. The van der Waals surface area contributed by atoms with Crippen molar-refractivity contribution >= 4 is 23.4 Å². The summed E-state index contributed by atoms with van der Waals surface area (Å²) in [6.45, 7) is 2.60. The van der Waals surface area contributed by atoms with Crippen molar-refractivity contribution in [1.29, 1.82) is 0 Å². The Balaban J connectivity index is 1.50. The van der Waals surface area contributed by atoms with Crippen molar-refractivity contribution in [2.45, 2.75) is 49.3 Å². The van der Waals surface area contributed by atoms with Crippen LogP contribution in [0.3, 0.4) is 0 Å². The molecule has 8 rings (SSSR count). The van der Waals surface area contributed by atoms with Gasteiger partial charge in [0.25, 0.3) is 0 Å². The first-order valence-electron chi connectivity index (χ1n) is 12.4. The molecular weight excluding hydrogens is 446 g/mol. The van der Waals surface area contributed by atoms with Gasteiger partial charge >= 0.3 is 0 Å². The number of benzene rings is 4. The number of carbonyl (C=O) groups excluding carboxylic acids is 1. The molecule has 0 heterocycles. The molecule has 0 fully saturated rings. The Bertz CT molecular complexity index is 1270. The van der Waals surface area contributed by atoms with E-state index in [-0.39, 0.29) is 11.2 Å². The highest BCUT2D eigenvalue weighted by Crippen LogP contribution is 2.31. The first kappa shape index (κ1) is 23.4. The maximum absolute atomic E-state index is 14.0. The summed E-state index contributed by atoms with van der Waals surface area (Å²) in [5, 5.41) is -0.191. The fourth-order valence-corrected chi connectivity index (χ4v) is 5.64. The molecule has 3 heteroatoms. The van der Waals surface area contributed by atoms with Crippen molar-refractivity contribution < 1.29 is 4.79 Å². The summed E-state index contributed by atoms with van der Waals surface area (Å²) in [6.07, 6.45) is 3.85. The maximum Gasteiger partial charge on any atom is 0.240 e. The normalized spacial score (nSPS) is 13.6. The summed E-state index contributed by atoms with van der Waals surface area (Å²) in [5.41, 5.74) is 7.43. The molecular formula is C32H31NOS. The van der Waals surface area contributed by atoms with Crippen LogP contribution >= 0.6 is 11.8 Å². The number of carbonyl (C=O) groups is 1. The smallest absolute Gasteiger partial charge is 0.240 e. The van der Waals surface area contributed by atoms with Gasteiger partial charge in [0.15, 0.2) is 0 Å². The fraction of sp³-hybridized carbons (Fsp3) is 0.219. The minimum absolute atomic E-state index is 0.150. The number of hydrogen-bond acceptors (Lipinski definition) is 2. The zero-order valence-electron chi connectivity index (χ0n) is 20.2. The minimum atomic E-state index is -0.191. The molecule has 4 aliphatic carbocycles. The largest absolute Gasteiger partial charge is 0.307 e. The molecule has 4 aromatic carbocycles. The lowest BCUT2D eigenvalue weighted by Gasteiger charge is -2.29. The van der Waals surface area contributed by atoms with Gasteiger partial charge in [0.05, 0.1) is 11.8 Å². The van der Waals surface area contributed by atoms with E-state index in [9.17, 15) is 4.79 Å². The number of anilines is 1. The van der Waals surface area contributed by atoms with Gasteiger partial charge in [-0.1, -0.05) is 84.9 Å². The third kappa shape index (κ3) is 5.86. The van der Waals surface area contributed by atoms with Crippen molar-refractivity contribution in [3.05, 3.63) is 131 Å². The highest BCUT2D eigenvalue weighted by atomic mass is 32.2. The van der Waals surface area contributed by atoms with Crippen molar-refractivity contribution in [3.8, 4) is 0 Å². The number of nitrogens with zero attached hydrogens (tertiary/aromatic N) is 1. The van der Waals surface area contributed by atoms with Crippen LogP contribution in [0.4, 0.5) is 5.69 Å². The molecule has 0 saturated heterocycles. The van der Waals surface area contributed by atoms with Gasteiger partial charge in [-0.3, -0.25) is 4.79 Å². The van der Waals surface area contributed by atoms with Crippen molar-refractivity contribution in [1.82, 2.24) is 0 Å². The molecule has 0 N–H and O–H groups in total. The zero-order valence-corrected chi connectivity index (χ0v) is 21.0. The second-order valence-corrected chi connectivity index (χ2v) is 10.7. The Hall–Kier alpha value is -3.30. The van der Waals surface area contributed by atoms with E-state index in [4.69, 9.17) is 0 Å². The third-order valence-corrected chi connectivity index (χ3v) is 7.80. The van der Waals surface area contributed by atoms with Gasteiger partial charge in [0.2, 0.25) is 5.91 Å². The first-order valence-corrected chi connectivity index (χ1v) is 13.3. The fourth-order valence-electron chi connectivity index (χ4n) is 4.69. The average Bonchev–Trinajstić information content (AvgIpc) is 2.89. The van der Waals surface area contributed by atoms with Gasteiger partial charge in [0.1, 0.15) is 0 Å². The summed E-state index contributed by atoms with van der Waals surface area (Å²) in [5.74, 6) is 0.150. The first-order chi connectivity index (χ1) is 17.2. The van der Waals surface area contributed by atoms with E-state index >= 15 is 0 Å². The molecule has 4 aliphatic rings. The highest BCUT2D eigenvalue weighted by Gasteiger charge is 2.25. The molecule has 1 amide bonds. The summed E-state index contributed by atoms with van der Waals surface area (Å²) in [4.78, 5) is 17.2. The quantitative estimate of drug-likeness (QED) is 0.272. The molecule has 176 valence electrons. The Kier molecular flexibility index (Phi) is 7.34. The average molecular weight is 478 g/mol. The zero-order chi connectivity index (χ0) is 24.0. The monoisotopic (exact) mass is 477 g/mol. The molecule has 2 nitrogen and oxygen atoms in total. The molecule has 0 aliphatic heterocycles. The van der Waals surface area contributed by atoms with Gasteiger partial charge in [-0.2, -0.15) is 0 Å². The Labute approximate surface area is 213 Å². The molecule has 4 bridgehead atoms. The lowest BCUT2D eigenvalue weighted by molar-refractivity contribution is -0.118. The molecule has 1 atom stereocenters. The van der Waals surface area contributed by atoms with Gasteiger partial charge in [-0.15, -0.1) is 11.8 Å². The van der Waals surface area contributed by atoms with E-state index < -0.39 is 0 Å². The number of aryl methyl sites for hydroxylation is 4. The van der Waals surface area contributed by atoms with Crippen LogP contribution in [0.1, 0.15) is 34.7 Å². The molecule has 4 aromatic rings. The summed E-state index contributed by atoms with van der Waals surface area (Å²) in [7, 11) is 0. The third-order valence-electron chi connectivity index (χ3n) is 6.70. The molecule has 0 spiro atoms. The van der Waals surface area contributed by atoms with Crippen LogP contribution in [-0.2, 0) is 37.0 Å². The second-order valence-electron chi connectivity index (χ2n) is 9.26. The molecule has 0 radical (unpaired) electrons. The number of amides is 1. The topological polar surface area (TPSA) is 20.3 Å². The summed E-state index contributed by atoms with van der Waals surface area (Å²) < 4.78 is 0. The summed E-state index contributed by atoms with van der Waals surface area (Å²) >= 11 is 1.63. The van der Waals surface area contributed by atoms with E-state index in [0.29, 0.717) is 6.54 Å². The van der Waals surface area contributed by atoms with Gasteiger partial charge < -0.3 is 4.90 Å². The van der Waals surface area contributed by atoms with E-state index in [1.807, 2.05) is 48.2 Å². The molecule has 0 saturated carbocycles. The van der Waals surface area contributed by atoms with Crippen LogP contribution in [-0.4, -0.2) is 11.2 Å². The standard InChI is InChI=1S/C32H31NOS/c1-24(35-30-10-6-3-7-11-30)32(34)33(23-28-8-4-2-5-9-28)31-22-27-17-16-25-12-14-26(15-13-25)18-20-29(31)21-19-27/h2-15,19,21-22,24H,16-18,20,23H2,1H3. The van der Waals surface area contributed by atoms with Crippen molar-refractivity contribution in [3.63, 3.8) is 0 Å². The predicted molar refractivity (Wildman–Crippen MR) is 147 cm³/mol. The van der Waals surface area contributed by atoms with Crippen LogP contribution in [0.25, 0.3) is 0 Å². The van der Waals surface area contributed by atoms with Gasteiger partial charge in [0, 0.05) is 10.6 Å². The highest BCUT2D eigenvalue weighted by molar-refractivity contribution is 8.00. The van der Waals surface area contributed by atoms with Crippen LogP contribution in [0.2, 0.25) is 0 Å². The maximum atomic E-state index is 14.0. The number of hydrogen-bond donors (Lipinski definition) is 0. The SMILES string of the molecule is CC(Sc1ccccc1)C(=O)N(Cc1ccccc1)c1cc2ccc1CCc1ccc(cc1)CC2. The van der Waals surface area contributed by atoms with Gasteiger partial charge in [-0.05, 0) is 78.6 Å². The lowest BCUT2D eigenvalue weighted by Crippen LogP contribution is -2.37. The van der Waals surface area contributed by atoms with E-state index in [1.165, 1.54) is 22.3 Å². The Morgan fingerprint density at radius 1 is 0.743 bits per heavy atom. The van der Waals surface area contributed by atoms with Crippen molar-refractivity contribution in [2.75, 3.05) is 4.90 Å². The van der Waals surface area contributed by atoms with E-state index in [2.05, 4.69) is 66.7 Å². The van der Waals surface area contributed by atoms with E-state index in [0.717, 1.165) is 41.8 Å². The molecule has 0 aromatic heterocycles. The number of rotatable bonds is 6. The Morgan fingerprint density at radius 3 is 2.00 bits per heavy atom. The van der Waals surface area contributed by atoms with Crippen LogP contribution in [0, 0.1) is 0 Å². The lowest BCUT2D eigenvalue weighted by atomic mass is 9.95. The Morgan fingerprint density at radius 2 is 1.31 bits per heavy atom. The number of thioether (sulfide) groups is 1. The minimum Gasteiger partial charge on any atom is -0.307 e.